The van der Waals surface area contributed by atoms with Gasteiger partial charge in [-0.2, -0.15) is 0 Å². The molecule has 2 nitrogen and oxygen atoms in total. The van der Waals surface area contributed by atoms with Gasteiger partial charge in [-0.25, -0.2) is 0 Å². The smallest absolute Gasteiger partial charge is 0.119 e. The number of nitrogens with two attached hydrogens (primary N) is 1. The molecule has 0 spiro atoms. The SMILES string of the molecule is CC(C)c1cc(O)c(C2(CN)CCCC2)cc1Cl. The Kier molecular flexibility index (Phi) is 3.88. The molecule has 1 aliphatic carbocycles. The molecule has 0 atom stereocenters. The quantitative estimate of drug-likeness (QED) is 0.871. The molecule has 3 heteroatoms. The average molecular weight is 268 g/mol. The molecule has 1 fully saturated rings. The Bertz CT molecular complexity index is 436. The van der Waals surface area contributed by atoms with Crippen LogP contribution in [0.4, 0.5) is 0 Å². The van der Waals surface area contributed by atoms with Crippen molar-refractivity contribution in [2.45, 2.75) is 50.9 Å². The maximum Gasteiger partial charge on any atom is 0.119 e. The zero-order chi connectivity index (χ0) is 13.3. The van der Waals surface area contributed by atoms with Crippen molar-refractivity contribution in [2.24, 2.45) is 5.73 Å². The first-order chi connectivity index (χ1) is 8.50. The predicted octanol–water partition coefficient (Wildman–Crippen LogP) is 3.94. The summed E-state index contributed by atoms with van der Waals surface area (Å²) >= 11 is 6.34. The molecular formula is C15H22ClNO. The first-order valence-electron chi connectivity index (χ1n) is 6.73. The fraction of sp³-hybridized carbons (Fsp3) is 0.600. The number of hydrogen-bond acceptors (Lipinski definition) is 2. The molecule has 0 aliphatic heterocycles. The lowest BCUT2D eigenvalue weighted by Gasteiger charge is -2.29. The molecule has 0 bridgehead atoms. The summed E-state index contributed by atoms with van der Waals surface area (Å²) in [5.41, 5.74) is 7.84. The zero-order valence-electron chi connectivity index (χ0n) is 11.2. The Balaban J connectivity index is 2.49. The van der Waals surface area contributed by atoms with Crippen LogP contribution in [-0.2, 0) is 5.41 Å². The van der Waals surface area contributed by atoms with Gasteiger partial charge >= 0.3 is 0 Å². The van der Waals surface area contributed by atoms with Crippen LogP contribution in [0.15, 0.2) is 12.1 Å². The van der Waals surface area contributed by atoms with Crippen LogP contribution in [0.25, 0.3) is 0 Å². The van der Waals surface area contributed by atoms with E-state index in [1.807, 2.05) is 12.1 Å². The minimum absolute atomic E-state index is 0.0662. The van der Waals surface area contributed by atoms with Crippen molar-refractivity contribution in [3.8, 4) is 5.75 Å². The van der Waals surface area contributed by atoms with Gasteiger partial charge in [0, 0.05) is 22.5 Å². The van der Waals surface area contributed by atoms with E-state index in [2.05, 4.69) is 13.8 Å². The highest BCUT2D eigenvalue weighted by Crippen LogP contribution is 2.45. The van der Waals surface area contributed by atoms with E-state index >= 15 is 0 Å². The molecule has 1 saturated carbocycles. The van der Waals surface area contributed by atoms with Gasteiger partial charge < -0.3 is 10.8 Å². The number of phenols is 1. The third-order valence-electron chi connectivity index (χ3n) is 4.26. The third-order valence-corrected chi connectivity index (χ3v) is 4.59. The van der Waals surface area contributed by atoms with Gasteiger partial charge in [-0.3, -0.25) is 0 Å². The second-order valence-electron chi connectivity index (χ2n) is 5.74. The van der Waals surface area contributed by atoms with Gasteiger partial charge in [-0.05, 0) is 36.5 Å². The van der Waals surface area contributed by atoms with Crippen molar-refractivity contribution in [1.29, 1.82) is 0 Å². The molecule has 0 aromatic heterocycles. The van der Waals surface area contributed by atoms with Gasteiger partial charge in [0.15, 0.2) is 0 Å². The van der Waals surface area contributed by atoms with Crippen molar-refractivity contribution in [2.75, 3.05) is 6.54 Å². The van der Waals surface area contributed by atoms with Crippen LogP contribution in [0.5, 0.6) is 5.75 Å². The van der Waals surface area contributed by atoms with Crippen molar-refractivity contribution in [1.82, 2.24) is 0 Å². The number of rotatable bonds is 3. The monoisotopic (exact) mass is 267 g/mol. The Morgan fingerprint density at radius 3 is 2.44 bits per heavy atom. The van der Waals surface area contributed by atoms with Crippen molar-refractivity contribution < 1.29 is 5.11 Å². The first kappa shape index (κ1) is 13.7. The molecule has 0 radical (unpaired) electrons. The molecule has 2 rings (SSSR count). The molecule has 1 aromatic rings. The summed E-state index contributed by atoms with van der Waals surface area (Å²) in [4.78, 5) is 0. The topological polar surface area (TPSA) is 46.2 Å². The second-order valence-corrected chi connectivity index (χ2v) is 6.14. The maximum atomic E-state index is 10.3. The van der Waals surface area contributed by atoms with Gasteiger partial charge in [-0.1, -0.05) is 38.3 Å². The summed E-state index contributed by atoms with van der Waals surface area (Å²) in [6, 6.07) is 3.75. The summed E-state index contributed by atoms with van der Waals surface area (Å²) in [7, 11) is 0. The highest BCUT2D eigenvalue weighted by atomic mass is 35.5. The highest BCUT2D eigenvalue weighted by molar-refractivity contribution is 6.31. The number of hydrogen-bond donors (Lipinski definition) is 2. The van der Waals surface area contributed by atoms with Gasteiger partial charge in [-0.15, -0.1) is 0 Å². The Labute approximate surface area is 114 Å². The number of phenolic OH excluding ortho intramolecular Hbond substituents is 1. The van der Waals surface area contributed by atoms with Gasteiger partial charge in [0.2, 0.25) is 0 Å². The summed E-state index contributed by atoms with van der Waals surface area (Å²) in [5.74, 6) is 0.672. The van der Waals surface area contributed by atoms with E-state index in [9.17, 15) is 5.11 Å². The van der Waals surface area contributed by atoms with E-state index in [1.54, 1.807) is 0 Å². The van der Waals surface area contributed by atoms with Crippen LogP contribution in [0.2, 0.25) is 5.02 Å². The fourth-order valence-electron chi connectivity index (χ4n) is 3.08. The largest absolute Gasteiger partial charge is 0.508 e. The molecular weight excluding hydrogens is 246 g/mol. The van der Waals surface area contributed by atoms with E-state index < -0.39 is 0 Å². The van der Waals surface area contributed by atoms with Gasteiger partial charge in [0.05, 0.1) is 0 Å². The molecule has 0 amide bonds. The molecule has 1 aliphatic rings. The number of aromatic hydroxyl groups is 1. The van der Waals surface area contributed by atoms with Crippen LogP contribution in [0, 0.1) is 0 Å². The summed E-state index contributed by atoms with van der Waals surface area (Å²) in [5, 5.41) is 11.1. The zero-order valence-corrected chi connectivity index (χ0v) is 11.9. The van der Waals surface area contributed by atoms with Crippen molar-refractivity contribution in [3.05, 3.63) is 28.3 Å². The highest BCUT2D eigenvalue weighted by Gasteiger charge is 2.36. The van der Waals surface area contributed by atoms with Crippen LogP contribution in [0.3, 0.4) is 0 Å². The van der Waals surface area contributed by atoms with E-state index in [-0.39, 0.29) is 5.41 Å². The molecule has 0 unspecified atom stereocenters. The van der Waals surface area contributed by atoms with Gasteiger partial charge in [0.1, 0.15) is 5.75 Å². The van der Waals surface area contributed by atoms with Crippen molar-refractivity contribution in [3.63, 3.8) is 0 Å². The lowest BCUT2D eigenvalue weighted by Crippen LogP contribution is -2.32. The summed E-state index contributed by atoms with van der Waals surface area (Å²) in [6.07, 6.45) is 4.46. The van der Waals surface area contributed by atoms with E-state index in [0.29, 0.717) is 18.2 Å². The third kappa shape index (κ3) is 2.24. The normalized spacial score (nSPS) is 18.5. The van der Waals surface area contributed by atoms with Crippen LogP contribution >= 0.6 is 11.6 Å². The van der Waals surface area contributed by atoms with E-state index in [4.69, 9.17) is 17.3 Å². The Morgan fingerprint density at radius 1 is 1.33 bits per heavy atom. The molecule has 18 heavy (non-hydrogen) atoms. The standard InChI is InChI=1S/C15H22ClNO/c1-10(2)11-7-14(18)12(8-13(11)16)15(9-17)5-3-4-6-15/h7-8,10,18H,3-6,9,17H2,1-2H3. The lowest BCUT2D eigenvalue weighted by molar-refractivity contribution is 0.405. The predicted molar refractivity (Wildman–Crippen MR) is 76.4 cm³/mol. The Morgan fingerprint density at radius 2 is 1.94 bits per heavy atom. The molecule has 1 aromatic carbocycles. The maximum absolute atomic E-state index is 10.3. The summed E-state index contributed by atoms with van der Waals surface area (Å²) < 4.78 is 0. The van der Waals surface area contributed by atoms with E-state index in [1.165, 1.54) is 12.8 Å². The number of halogens is 1. The molecule has 0 heterocycles. The average Bonchev–Trinajstić information content (AvgIpc) is 2.81. The molecule has 100 valence electrons. The van der Waals surface area contributed by atoms with Crippen LogP contribution < -0.4 is 5.73 Å². The minimum Gasteiger partial charge on any atom is -0.508 e. The fourth-order valence-corrected chi connectivity index (χ4v) is 3.46. The number of benzene rings is 1. The first-order valence-corrected chi connectivity index (χ1v) is 7.11. The van der Waals surface area contributed by atoms with Crippen LogP contribution in [0.1, 0.15) is 56.6 Å². The minimum atomic E-state index is -0.0662. The van der Waals surface area contributed by atoms with Crippen molar-refractivity contribution >= 4 is 11.6 Å². The Hall–Kier alpha value is -0.730. The molecule has 0 saturated heterocycles. The van der Waals surface area contributed by atoms with E-state index in [0.717, 1.165) is 29.0 Å². The van der Waals surface area contributed by atoms with Crippen LogP contribution in [-0.4, -0.2) is 11.7 Å². The molecule has 3 N–H and O–H groups in total. The van der Waals surface area contributed by atoms with Gasteiger partial charge in [0.25, 0.3) is 0 Å². The summed E-state index contributed by atoms with van der Waals surface area (Å²) in [6.45, 7) is 4.74. The second kappa shape index (κ2) is 5.10. The lowest BCUT2D eigenvalue weighted by atomic mass is 9.78.